The van der Waals surface area contributed by atoms with Gasteiger partial charge in [-0.3, -0.25) is 9.59 Å². The molecular weight excluding hydrogens is 623 g/mol. The highest BCUT2D eigenvalue weighted by molar-refractivity contribution is 6.90. The summed E-state index contributed by atoms with van der Waals surface area (Å²) in [6.07, 6.45) is -0.0243. The molecule has 1 heterocycles. The summed E-state index contributed by atoms with van der Waals surface area (Å²) in [6, 6.07) is 7.69. The number of nitrogens with one attached hydrogen (secondary N) is 2. The van der Waals surface area contributed by atoms with Crippen molar-refractivity contribution < 1.29 is 19.1 Å². The van der Waals surface area contributed by atoms with Gasteiger partial charge in [-0.25, -0.2) is 14.8 Å². The molecule has 0 aliphatic rings. The van der Waals surface area contributed by atoms with Crippen molar-refractivity contribution in [3.63, 3.8) is 0 Å². The van der Waals surface area contributed by atoms with E-state index in [4.69, 9.17) is 20.4 Å². The maximum atomic E-state index is 12.7. The van der Waals surface area contributed by atoms with Gasteiger partial charge < -0.3 is 30.9 Å². The van der Waals surface area contributed by atoms with Crippen LogP contribution in [0.15, 0.2) is 24.3 Å². The number of likely N-dealkylation sites (N-methyl/N-ethyl adjacent to an activating group) is 1. The van der Waals surface area contributed by atoms with E-state index in [0.29, 0.717) is 46.8 Å². The maximum absolute atomic E-state index is 12.7. The average Bonchev–Trinajstić information content (AvgIpc) is 2.95. The summed E-state index contributed by atoms with van der Waals surface area (Å²) in [6.45, 7) is 23.2. The van der Waals surface area contributed by atoms with E-state index in [1.165, 1.54) is 11.9 Å². The normalized spacial score (nSPS) is 11.8. The van der Waals surface area contributed by atoms with E-state index in [-0.39, 0.29) is 30.0 Å². The molecule has 2 aromatic rings. The number of ether oxygens (including phenoxy) is 1. The number of amides is 3. The van der Waals surface area contributed by atoms with E-state index in [0.717, 1.165) is 5.56 Å². The molecule has 0 saturated heterocycles. The second-order valence-corrected chi connectivity index (χ2v) is 20.2. The van der Waals surface area contributed by atoms with E-state index in [1.807, 2.05) is 36.2 Å². The van der Waals surface area contributed by atoms with Gasteiger partial charge in [-0.15, -0.1) is 5.54 Å². The van der Waals surface area contributed by atoms with Crippen LogP contribution in [0.25, 0.3) is 0 Å². The first-order valence-corrected chi connectivity index (χ1v) is 19.0. The van der Waals surface area contributed by atoms with E-state index >= 15 is 0 Å². The molecule has 0 saturated carbocycles. The summed E-state index contributed by atoms with van der Waals surface area (Å²) < 4.78 is 5.30. The fourth-order valence-corrected chi connectivity index (χ4v) is 11.0. The molecule has 0 bridgehead atoms. The number of nitrogens with two attached hydrogens (primary N) is 1. The van der Waals surface area contributed by atoms with Crippen LogP contribution in [0.5, 0.6) is 0 Å². The molecule has 0 radical (unpaired) electrons. The number of benzene rings is 1. The first-order valence-electron chi connectivity index (χ1n) is 16.7. The van der Waals surface area contributed by atoms with E-state index in [2.05, 4.69) is 77.5 Å². The molecule has 11 nitrogen and oxygen atoms in total. The molecule has 264 valence electrons. The monoisotopic (exact) mass is 679 g/mol. The maximum Gasteiger partial charge on any atom is 0.410 e. The van der Waals surface area contributed by atoms with Gasteiger partial charge in [0.1, 0.15) is 20.2 Å². The van der Waals surface area contributed by atoms with Crippen molar-refractivity contribution in [3.8, 4) is 11.5 Å². The van der Waals surface area contributed by atoms with E-state index in [1.54, 1.807) is 20.8 Å². The van der Waals surface area contributed by atoms with Crippen molar-refractivity contribution in [3.05, 3.63) is 41.2 Å². The highest BCUT2D eigenvalue weighted by atomic mass is 28.3. The standard InChI is InChI=1S/C36H57N7O4Si/c1-23(2)43(13)34-29(18-20-48(24(3)4,25(5)6)26(7)8)40-31(32(37)45)33(41-34)39-28-16-14-15-27(21-28)17-19-38-30(44)22-42(12)35(46)47-36(9,10)11/h14-16,21,23-26H,17,19,22H2,1-13H3,(H2,37,45)(H,38,44)(H,39,41). The molecule has 0 aliphatic heterocycles. The summed E-state index contributed by atoms with van der Waals surface area (Å²) in [5.41, 5.74) is 12.3. The molecule has 0 spiro atoms. The average molecular weight is 680 g/mol. The van der Waals surface area contributed by atoms with Gasteiger partial charge in [-0.1, -0.05) is 59.6 Å². The highest BCUT2D eigenvalue weighted by Gasteiger charge is 2.42. The predicted octanol–water partition coefficient (Wildman–Crippen LogP) is 6.26. The van der Waals surface area contributed by atoms with Crippen LogP contribution in [0.3, 0.4) is 0 Å². The van der Waals surface area contributed by atoms with Crippen LogP contribution in [0.4, 0.5) is 22.1 Å². The van der Waals surface area contributed by atoms with Crippen molar-refractivity contribution in [1.82, 2.24) is 20.2 Å². The summed E-state index contributed by atoms with van der Waals surface area (Å²) in [5, 5.41) is 6.10. The number of hydrogen-bond acceptors (Lipinski definition) is 8. The molecular formula is C36H57N7O4Si. The van der Waals surface area contributed by atoms with Crippen LogP contribution < -0.4 is 21.3 Å². The number of carbonyl (C=O) groups is 3. The molecule has 3 amide bonds. The molecule has 0 aliphatic carbocycles. The zero-order valence-corrected chi connectivity index (χ0v) is 32.2. The number of nitrogens with zero attached hydrogens (tertiary/aromatic N) is 4. The van der Waals surface area contributed by atoms with E-state index < -0.39 is 25.7 Å². The lowest BCUT2D eigenvalue weighted by Crippen LogP contribution is -2.43. The van der Waals surface area contributed by atoms with Gasteiger partial charge >= 0.3 is 6.09 Å². The topological polar surface area (TPSA) is 143 Å². The number of rotatable bonds is 13. The van der Waals surface area contributed by atoms with Crippen LogP contribution in [0.2, 0.25) is 16.6 Å². The highest BCUT2D eigenvalue weighted by Crippen LogP contribution is 2.41. The Balaban J connectivity index is 2.36. The fraction of sp³-hybridized carbons (Fsp3) is 0.583. The molecule has 0 atom stereocenters. The Morgan fingerprint density at radius 1 is 0.979 bits per heavy atom. The minimum Gasteiger partial charge on any atom is -0.444 e. The van der Waals surface area contributed by atoms with Crippen LogP contribution in [-0.2, 0) is 16.0 Å². The molecule has 1 aromatic carbocycles. The number of carbonyl (C=O) groups excluding carboxylic acids is 3. The molecule has 0 fully saturated rings. The largest absolute Gasteiger partial charge is 0.444 e. The number of aromatic nitrogens is 2. The van der Waals surface area contributed by atoms with Crippen molar-refractivity contribution in [2.45, 2.75) is 111 Å². The second-order valence-electron chi connectivity index (χ2n) is 14.6. The molecule has 48 heavy (non-hydrogen) atoms. The minimum absolute atomic E-state index is 0.0119. The van der Waals surface area contributed by atoms with E-state index in [9.17, 15) is 14.4 Å². The first-order chi connectivity index (χ1) is 22.2. The zero-order chi connectivity index (χ0) is 36.6. The minimum atomic E-state index is -2.09. The van der Waals surface area contributed by atoms with Crippen molar-refractivity contribution in [2.24, 2.45) is 5.73 Å². The quantitative estimate of drug-likeness (QED) is 0.166. The Hall–Kier alpha value is -4.11. The second kappa shape index (κ2) is 16.8. The van der Waals surface area contributed by atoms with Crippen LogP contribution in [0.1, 0.15) is 97.9 Å². The van der Waals surface area contributed by atoms with Gasteiger partial charge in [0.05, 0.1) is 0 Å². The lowest BCUT2D eigenvalue weighted by atomic mass is 10.1. The summed E-state index contributed by atoms with van der Waals surface area (Å²) in [7, 11) is 1.37. The number of anilines is 3. The number of hydrogen-bond donors (Lipinski definition) is 3. The molecule has 2 rings (SSSR count). The summed E-state index contributed by atoms with van der Waals surface area (Å²) >= 11 is 0. The van der Waals surface area contributed by atoms with Crippen LogP contribution in [0, 0.1) is 11.5 Å². The summed E-state index contributed by atoms with van der Waals surface area (Å²) in [4.78, 5) is 50.2. The Bertz CT molecular complexity index is 1480. The Labute approximate surface area is 288 Å². The molecule has 1 aromatic heterocycles. The van der Waals surface area contributed by atoms with Gasteiger partial charge in [0, 0.05) is 32.4 Å². The van der Waals surface area contributed by atoms with Crippen molar-refractivity contribution >= 4 is 43.3 Å². The van der Waals surface area contributed by atoms with Gasteiger partial charge in [-0.2, -0.15) is 0 Å². The number of primary amides is 1. The lowest BCUT2D eigenvalue weighted by Gasteiger charge is -2.38. The molecule has 4 N–H and O–H groups in total. The third-order valence-electron chi connectivity index (χ3n) is 8.49. The lowest BCUT2D eigenvalue weighted by molar-refractivity contribution is -0.121. The Morgan fingerprint density at radius 3 is 2.10 bits per heavy atom. The van der Waals surface area contributed by atoms with Gasteiger partial charge in [0.2, 0.25) is 5.91 Å². The first kappa shape index (κ1) is 40.1. The van der Waals surface area contributed by atoms with Crippen molar-refractivity contribution in [2.75, 3.05) is 37.4 Å². The Morgan fingerprint density at radius 2 is 1.58 bits per heavy atom. The van der Waals surface area contributed by atoms with Gasteiger partial charge in [0.25, 0.3) is 5.91 Å². The predicted molar refractivity (Wildman–Crippen MR) is 197 cm³/mol. The van der Waals surface area contributed by atoms with Gasteiger partial charge in [-0.05, 0) is 75.4 Å². The van der Waals surface area contributed by atoms with Crippen LogP contribution >= 0.6 is 0 Å². The smallest absolute Gasteiger partial charge is 0.410 e. The Kier molecular flexibility index (Phi) is 14.0. The fourth-order valence-electron chi connectivity index (χ4n) is 5.82. The molecule has 12 heteroatoms. The summed E-state index contributed by atoms with van der Waals surface area (Å²) in [5.74, 6) is 3.20. The molecule has 0 unspecified atom stereocenters. The zero-order valence-electron chi connectivity index (χ0n) is 31.2. The third-order valence-corrected chi connectivity index (χ3v) is 14.8. The van der Waals surface area contributed by atoms with Crippen molar-refractivity contribution in [1.29, 1.82) is 0 Å². The van der Waals surface area contributed by atoms with Crippen LogP contribution in [-0.4, -0.2) is 79.7 Å². The SMILES string of the molecule is CC(C)N(C)c1nc(Nc2cccc(CCNC(=O)CN(C)C(=O)OC(C)(C)C)c2)c(C(N)=O)nc1C#C[Si](C(C)C)(C(C)C)C(C)C. The van der Waals surface area contributed by atoms with Gasteiger partial charge in [0.15, 0.2) is 23.0 Å². The third kappa shape index (κ3) is 10.7.